The number of carbonyl (C=O) groups excluding carboxylic acids is 1. The molecule has 0 heterocycles. The van der Waals surface area contributed by atoms with Gasteiger partial charge in [0, 0.05) is 25.2 Å². The molecule has 0 spiro atoms. The molecule has 0 aliphatic heterocycles. The Morgan fingerprint density at radius 2 is 1.77 bits per heavy atom. The maximum Gasteiger partial charge on any atom is 0.271 e. The lowest BCUT2D eigenvalue weighted by molar-refractivity contribution is -0.384. The average Bonchev–Trinajstić information content (AvgIpc) is 2.58. The van der Waals surface area contributed by atoms with Crippen LogP contribution in [0.1, 0.15) is 16.8 Å². The van der Waals surface area contributed by atoms with Gasteiger partial charge in [-0.2, -0.15) is 0 Å². The number of carbonyl (C=O) groups is 1. The van der Waals surface area contributed by atoms with Crippen molar-refractivity contribution in [1.82, 2.24) is 5.32 Å². The summed E-state index contributed by atoms with van der Waals surface area (Å²) in [5.74, 6) is -2.91. The molecule has 2 N–H and O–H groups in total. The molecule has 0 saturated carbocycles. The molecule has 138 valence electrons. The first-order valence-corrected chi connectivity index (χ1v) is 8.15. The summed E-state index contributed by atoms with van der Waals surface area (Å²) in [6.45, 7) is 0.662. The first-order valence-electron chi connectivity index (χ1n) is 7.40. The molecule has 26 heavy (non-hydrogen) atoms. The highest BCUT2D eigenvalue weighted by Crippen LogP contribution is 2.26. The summed E-state index contributed by atoms with van der Waals surface area (Å²) in [5, 5.41) is 16.2. The molecule has 6 nitrogen and oxygen atoms in total. The van der Waals surface area contributed by atoms with Crippen LogP contribution in [0.5, 0.6) is 0 Å². The number of hydrogen-bond donors (Lipinski definition) is 2. The van der Waals surface area contributed by atoms with E-state index in [2.05, 4.69) is 10.6 Å². The number of amides is 1. The Morgan fingerprint density at radius 3 is 2.42 bits per heavy atom. The average molecular weight is 404 g/mol. The standard InChI is InChI=1S/C16H13Cl2F2N3O3/c17-11-8-14(20)13(19)7-10(11)16(24)22-5-1-4-21-15-3-2-9(23(25)26)6-12(15)18/h2-3,6-8,21H,1,4-5H2,(H,22,24). The molecular formula is C16H13Cl2F2N3O3. The van der Waals surface area contributed by atoms with E-state index in [9.17, 15) is 23.7 Å². The lowest BCUT2D eigenvalue weighted by Crippen LogP contribution is -2.26. The Morgan fingerprint density at radius 1 is 1.08 bits per heavy atom. The molecule has 0 aromatic heterocycles. The van der Waals surface area contributed by atoms with Crippen LogP contribution in [0.15, 0.2) is 30.3 Å². The maximum absolute atomic E-state index is 13.2. The topological polar surface area (TPSA) is 84.3 Å². The van der Waals surface area contributed by atoms with Crippen LogP contribution in [0, 0.1) is 21.7 Å². The predicted octanol–water partition coefficient (Wildman–Crippen LogP) is 4.41. The molecule has 2 rings (SSSR count). The molecule has 0 aliphatic rings. The van der Waals surface area contributed by atoms with E-state index in [4.69, 9.17) is 23.2 Å². The van der Waals surface area contributed by atoms with Gasteiger partial charge < -0.3 is 10.6 Å². The van der Waals surface area contributed by atoms with Gasteiger partial charge in [-0.3, -0.25) is 14.9 Å². The fraction of sp³-hybridized carbons (Fsp3) is 0.188. The van der Waals surface area contributed by atoms with E-state index >= 15 is 0 Å². The van der Waals surface area contributed by atoms with E-state index in [1.807, 2.05) is 0 Å². The molecule has 2 aromatic rings. The van der Waals surface area contributed by atoms with Crippen molar-refractivity contribution >= 4 is 40.5 Å². The Kier molecular flexibility index (Phi) is 6.70. The number of nitro groups is 1. The lowest BCUT2D eigenvalue weighted by atomic mass is 10.2. The van der Waals surface area contributed by atoms with Gasteiger partial charge in [-0.05, 0) is 24.6 Å². The van der Waals surface area contributed by atoms with Gasteiger partial charge in [0.1, 0.15) is 0 Å². The summed E-state index contributed by atoms with van der Waals surface area (Å²) in [5.41, 5.74) is 0.250. The van der Waals surface area contributed by atoms with Gasteiger partial charge in [0.15, 0.2) is 11.6 Å². The Bertz CT molecular complexity index is 850. The Hall–Kier alpha value is -2.45. The third kappa shape index (κ3) is 5.03. The zero-order chi connectivity index (χ0) is 19.3. The highest BCUT2D eigenvalue weighted by Gasteiger charge is 2.14. The molecule has 0 aliphatic carbocycles. The van der Waals surface area contributed by atoms with Gasteiger partial charge in [-0.15, -0.1) is 0 Å². The molecule has 0 atom stereocenters. The summed E-state index contributed by atoms with van der Waals surface area (Å²) in [4.78, 5) is 22.0. The van der Waals surface area contributed by atoms with E-state index < -0.39 is 22.5 Å². The fourth-order valence-electron chi connectivity index (χ4n) is 2.07. The fourth-order valence-corrected chi connectivity index (χ4v) is 2.54. The number of nitro benzene ring substituents is 1. The summed E-state index contributed by atoms with van der Waals surface area (Å²) < 4.78 is 26.2. The van der Waals surface area contributed by atoms with E-state index in [-0.39, 0.29) is 27.8 Å². The van der Waals surface area contributed by atoms with Crippen molar-refractivity contribution in [3.05, 3.63) is 67.7 Å². The van der Waals surface area contributed by atoms with Crippen molar-refractivity contribution in [1.29, 1.82) is 0 Å². The van der Waals surface area contributed by atoms with Gasteiger partial charge in [0.25, 0.3) is 11.6 Å². The van der Waals surface area contributed by atoms with Gasteiger partial charge in [-0.25, -0.2) is 8.78 Å². The first kappa shape index (κ1) is 19.9. The minimum absolute atomic E-state index is 0.115. The number of nitrogens with zero attached hydrogens (tertiary/aromatic N) is 1. The van der Waals surface area contributed by atoms with Crippen LogP contribution in [-0.4, -0.2) is 23.9 Å². The highest BCUT2D eigenvalue weighted by atomic mass is 35.5. The van der Waals surface area contributed by atoms with Crippen LogP contribution in [0.2, 0.25) is 10.0 Å². The number of anilines is 1. The van der Waals surface area contributed by atoms with Crippen molar-refractivity contribution < 1.29 is 18.5 Å². The second-order valence-corrected chi connectivity index (χ2v) is 6.02. The van der Waals surface area contributed by atoms with Crippen LogP contribution < -0.4 is 10.6 Å². The first-order chi connectivity index (χ1) is 12.3. The molecule has 0 radical (unpaired) electrons. The molecule has 10 heteroatoms. The van der Waals surface area contributed by atoms with Gasteiger partial charge in [0.2, 0.25) is 0 Å². The second kappa shape index (κ2) is 8.77. The van der Waals surface area contributed by atoms with E-state index in [1.165, 1.54) is 18.2 Å². The molecule has 0 fully saturated rings. The van der Waals surface area contributed by atoms with Crippen molar-refractivity contribution in [3.63, 3.8) is 0 Å². The van der Waals surface area contributed by atoms with Crippen LogP contribution in [0.3, 0.4) is 0 Å². The largest absolute Gasteiger partial charge is 0.384 e. The van der Waals surface area contributed by atoms with Crippen molar-refractivity contribution in [2.24, 2.45) is 0 Å². The van der Waals surface area contributed by atoms with Gasteiger partial charge >= 0.3 is 0 Å². The van der Waals surface area contributed by atoms with Crippen molar-refractivity contribution in [2.45, 2.75) is 6.42 Å². The number of non-ortho nitro benzene ring substituents is 1. The van der Waals surface area contributed by atoms with Crippen LogP contribution in [-0.2, 0) is 0 Å². The minimum atomic E-state index is -1.16. The van der Waals surface area contributed by atoms with E-state index in [0.717, 1.165) is 12.1 Å². The van der Waals surface area contributed by atoms with Gasteiger partial charge in [-0.1, -0.05) is 23.2 Å². The third-order valence-corrected chi connectivity index (χ3v) is 4.00. The Labute approximate surface area is 157 Å². The van der Waals surface area contributed by atoms with Crippen LogP contribution >= 0.6 is 23.2 Å². The van der Waals surface area contributed by atoms with Crippen molar-refractivity contribution in [3.8, 4) is 0 Å². The molecular weight excluding hydrogens is 391 g/mol. The van der Waals surface area contributed by atoms with Crippen LogP contribution in [0.4, 0.5) is 20.2 Å². The van der Waals surface area contributed by atoms with E-state index in [0.29, 0.717) is 18.7 Å². The number of nitrogens with one attached hydrogen (secondary N) is 2. The summed E-state index contributed by atoms with van der Waals surface area (Å²) >= 11 is 11.7. The third-order valence-electron chi connectivity index (χ3n) is 3.37. The Balaban J connectivity index is 1.81. The summed E-state index contributed by atoms with van der Waals surface area (Å²) in [6, 6.07) is 5.52. The smallest absolute Gasteiger partial charge is 0.271 e. The van der Waals surface area contributed by atoms with E-state index in [1.54, 1.807) is 0 Å². The molecule has 2 aromatic carbocycles. The van der Waals surface area contributed by atoms with Gasteiger partial charge in [0.05, 0.1) is 26.2 Å². The minimum Gasteiger partial charge on any atom is -0.384 e. The molecule has 0 bridgehead atoms. The maximum atomic E-state index is 13.2. The highest BCUT2D eigenvalue weighted by molar-refractivity contribution is 6.34. The zero-order valence-corrected chi connectivity index (χ0v) is 14.7. The normalized spacial score (nSPS) is 10.5. The number of halogens is 4. The van der Waals surface area contributed by atoms with Crippen LogP contribution in [0.25, 0.3) is 0 Å². The number of benzene rings is 2. The monoisotopic (exact) mass is 403 g/mol. The molecule has 1 amide bonds. The molecule has 0 unspecified atom stereocenters. The quantitative estimate of drug-likeness (QED) is 0.310. The molecule has 0 saturated heterocycles. The SMILES string of the molecule is O=C(NCCCNc1ccc([N+](=O)[O-])cc1Cl)c1cc(F)c(F)cc1Cl. The zero-order valence-electron chi connectivity index (χ0n) is 13.2. The van der Waals surface area contributed by atoms with Crippen molar-refractivity contribution in [2.75, 3.05) is 18.4 Å². The number of rotatable bonds is 7. The predicted molar refractivity (Wildman–Crippen MR) is 94.9 cm³/mol. The lowest BCUT2D eigenvalue weighted by Gasteiger charge is -2.10. The summed E-state index contributed by atoms with van der Waals surface area (Å²) in [7, 11) is 0. The summed E-state index contributed by atoms with van der Waals surface area (Å²) in [6.07, 6.45) is 0.486. The second-order valence-electron chi connectivity index (χ2n) is 5.20. The number of hydrogen-bond acceptors (Lipinski definition) is 4.